The number of hydrogen-bond donors (Lipinski definition) is 1. The quantitative estimate of drug-likeness (QED) is 0.822. The summed E-state index contributed by atoms with van der Waals surface area (Å²) in [5.41, 5.74) is 1.21. The van der Waals surface area contributed by atoms with E-state index < -0.39 is 6.10 Å². The number of nitrogens with zero attached hydrogens (tertiary/aromatic N) is 5. The van der Waals surface area contributed by atoms with Crippen LogP contribution in [0.15, 0.2) is 18.5 Å². The molecule has 0 radical (unpaired) electrons. The zero-order valence-electron chi connectivity index (χ0n) is 12.3. The van der Waals surface area contributed by atoms with Crippen LogP contribution in [0.2, 0.25) is 0 Å². The maximum atomic E-state index is 10.5. The summed E-state index contributed by atoms with van der Waals surface area (Å²) in [5, 5.41) is 19.0. The van der Waals surface area contributed by atoms with Crippen LogP contribution in [-0.2, 0) is 13.6 Å². The van der Waals surface area contributed by atoms with E-state index in [4.69, 9.17) is 4.74 Å². The summed E-state index contributed by atoms with van der Waals surface area (Å²) in [7, 11) is 7.38. The van der Waals surface area contributed by atoms with Gasteiger partial charge in [-0.25, -0.2) is 0 Å². The minimum atomic E-state index is -0.851. The van der Waals surface area contributed by atoms with Gasteiger partial charge in [0.25, 0.3) is 0 Å². The second kappa shape index (κ2) is 6.06. The Morgan fingerprint density at radius 3 is 2.75 bits per heavy atom. The van der Waals surface area contributed by atoms with Crippen LogP contribution in [0.25, 0.3) is 0 Å². The van der Waals surface area contributed by atoms with E-state index in [9.17, 15) is 5.11 Å². The highest BCUT2D eigenvalue weighted by atomic mass is 16.5. The third-order valence-corrected chi connectivity index (χ3v) is 3.10. The van der Waals surface area contributed by atoms with E-state index in [0.717, 1.165) is 6.54 Å². The monoisotopic (exact) mass is 279 g/mol. The molecule has 0 fully saturated rings. The molecule has 0 aliphatic carbocycles. The number of ether oxygens (including phenoxy) is 1. The first-order valence-electron chi connectivity index (χ1n) is 6.45. The molecule has 2 aromatic rings. The smallest absolute Gasteiger partial charge is 0.163 e. The van der Waals surface area contributed by atoms with Crippen molar-refractivity contribution < 1.29 is 9.84 Å². The highest BCUT2D eigenvalue weighted by Crippen LogP contribution is 2.28. The third-order valence-electron chi connectivity index (χ3n) is 3.10. The molecule has 7 heteroatoms. The second-order valence-electron chi connectivity index (χ2n) is 4.94. The van der Waals surface area contributed by atoms with Gasteiger partial charge in [-0.1, -0.05) is 0 Å². The number of aliphatic hydroxyl groups excluding tert-OH is 1. The van der Waals surface area contributed by atoms with Crippen LogP contribution in [0, 0.1) is 0 Å². The van der Waals surface area contributed by atoms with Crippen molar-refractivity contribution in [3.05, 3.63) is 29.8 Å². The molecule has 0 aliphatic heterocycles. The summed E-state index contributed by atoms with van der Waals surface area (Å²) < 4.78 is 8.71. The summed E-state index contributed by atoms with van der Waals surface area (Å²) in [6, 6.07) is 1.79. The van der Waals surface area contributed by atoms with E-state index in [2.05, 4.69) is 15.1 Å². The van der Waals surface area contributed by atoms with Gasteiger partial charge in [0.15, 0.2) is 5.75 Å². The number of aliphatic hydroxyl groups is 1. The first-order valence-corrected chi connectivity index (χ1v) is 6.45. The lowest BCUT2D eigenvalue weighted by Crippen LogP contribution is -2.21. The molecule has 20 heavy (non-hydrogen) atoms. The van der Waals surface area contributed by atoms with Crippen LogP contribution in [0.4, 0.5) is 0 Å². The number of aryl methyl sites for hydroxylation is 1. The molecular weight excluding hydrogens is 258 g/mol. The van der Waals surface area contributed by atoms with E-state index >= 15 is 0 Å². The molecule has 1 N–H and O–H groups in total. The lowest BCUT2D eigenvalue weighted by atomic mass is 10.2. The zero-order valence-corrected chi connectivity index (χ0v) is 12.3. The number of methoxy groups -OCH3 is 1. The Labute approximate surface area is 118 Å². The predicted molar refractivity (Wildman–Crippen MR) is 74.6 cm³/mol. The molecule has 1 atom stereocenters. The van der Waals surface area contributed by atoms with Crippen molar-refractivity contribution in [3.63, 3.8) is 0 Å². The average molecular weight is 279 g/mol. The van der Waals surface area contributed by atoms with E-state index in [0.29, 0.717) is 23.7 Å². The molecule has 7 nitrogen and oxygen atoms in total. The fraction of sp³-hybridized carbons (Fsp3) is 0.538. The topological polar surface area (TPSA) is 68.3 Å². The number of rotatable bonds is 6. The SMILES string of the molecule is COc1cnn(CCN(C)C)c1C(O)c1ccn(C)n1. The van der Waals surface area contributed by atoms with Crippen molar-refractivity contribution in [1.29, 1.82) is 0 Å². The number of aromatic nitrogens is 4. The Balaban J connectivity index is 2.30. The Hall–Kier alpha value is -1.86. The zero-order chi connectivity index (χ0) is 14.7. The fourth-order valence-corrected chi connectivity index (χ4v) is 2.00. The average Bonchev–Trinajstić information content (AvgIpc) is 3.01. The van der Waals surface area contributed by atoms with Crippen molar-refractivity contribution in [2.75, 3.05) is 27.7 Å². The molecule has 0 amide bonds. The lowest BCUT2D eigenvalue weighted by Gasteiger charge is -2.15. The Morgan fingerprint density at radius 1 is 1.45 bits per heavy atom. The van der Waals surface area contributed by atoms with Gasteiger partial charge in [-0.05, 0) is 20.2 Å². The maximum absolute atomic E-state index is 10.5. The predicted octanol–water partition coefficient (Wildman–Crippen LogP) is 0.268. The van der Waals surface area contributed by atoms with Crippen molar-refractivity contribution in [2.24, 2.45) is 7.05 Å². The van der Waals surface area contributed by atoms with Gasteiger partial charge in [0.1, 0.15) is 11.8 Å². The van der Waals surface area contributed by atoms with Crippen molar-refractivity contribution in [1.82, 2.24) is 24.5 Å². The highest BCUT2D eigenvalue weighted by molar-refractivity contribution is 5.32. The second-order valence-corrected chi connectivity index (χ2v) is 4.94. The molecule has 2 rings (SSSR count). The standard InChI is InChI=1S/C13H21N5O2/c1-16(2)7-8-18-12(11(20-4)9-14-18)13(19)10-5-6-17(3)15-10/h5-6,9,13,19H,7-8H2,1-4H3. The van der Waals surface area contributed by atoms with Crippen molar-refractivity contribution >= 4 is 0 Å². The summed E-state index contributed by atoms with van der Waals surface area (Å²) in [4.78, 5) is 2.06. The van der Waals surface area contributed by atoms with Crippen molar-refractivity contribution in [2.45, 2.75) is 12.6 Å². The number of hydrogen-bond acceptors (Lipinski definition) is 5. The maximum Gasteiger partial charge on any atom is 0.163 e. The summed E-state index contributed by atoms with van der Waals surface area (Å²) >= 11 is 0. The molecule has 0 spiro atoms. The minimum absolute atomic E-state index is 0.571. The molecule has 110 valence electrons. The molecule has 2 aromatic heterocycles. The van der Waals surface area contributed by atoms with Crippen LogP contribution < -0.4 is 4.74 Å². The van der Waals surface area contributed by atoms with Crippen molar-refractivity contribution in [3.8, 4) is 5.75 Å². The van der Waals surface area contributed by atoms with E-state index in [1.165, 1.54) is 0 Å². The van der Waals surface area contributed by atoms with Gasteiger partial charge < -0.3 is 14.7 Å². The summed E-state index contributed by atoms with van der Waals surface area (Å²) in [5.74, 6) is 0.571. The highest BCUT2D eigenvalue weighted by Gasteiger charge is 2.23. The van der Waals surface area contributed by atoms with Crippen LogP contribution in [0.1, 0.15) is 17.5 Å². The Bertz CT molecular complexity index is 561. The fourth-order valence-electron chi connectivity index (χ4n) is 2.00. The third kappa shape index (κ3) is 3.00. The molecular formula is C13H21N5O2. The minimum Gasteiger partial charge on any atom is -0.493 e. The normalized spacial score (nSPS) is 12.9. The first-order chi connectivity index (χ1) is 9.52. The largest absolute Gasteiger partial charge is 0.493 e. The molecule has 0 aliphatic rings. The van der Waals surface area contributed by atoms with E-state index in [1.807, 2.05) is 21.1 Å². The molecule has 0 saturated heterocycles. The lowest BCUT2D eigenvalue weighted by molar-refractivity contribution is 0.195. The van der Waals surface area contributed by atoms with Gasteiger partial charge >= 0.3 is 0 Å². The molecule has 0 saturated carbocycles. The van der Waals surface area contributed by atoms with Crippen LogP contribution >= 0.6 is 0 Å². The Morgan fingerprint density at radius 2 is 2.20 bits per heavy atom. The van der Waals surface area contributed by atoms with Gasteiger partial charge in [-0.2, -0.15) is 10.2 Å². The van der Waals surface area contributed by atoms with Gasteiger partial charge in [-0.15, -0.1) is 0 Å². The van der Waals surface area contributed by atoms with E-state index in [1.54, 1.807) is 34.9 Å². The van der Waals surface area contributed by atoms with E-state index in [-0.39, 0.29) is 0 Å². The first kappa shape index (κ1) is 14.5. The number of likely N-dealkylation sites (N-methyl/N-ethyl adjacent to an activating group) is 1. The molecule has 1 unspecified atom stereocenters. The Kier molecular flexibility index (Phi) is 4.41. The summed E-state index contributed by atoms with van der Waals surface area (Å²) in [6.07, 6.45) is 2.57. The molecule has 2 heterocycles. The van der Waals surface area contributed by atoms with Crippen LogP contribution in [0.5, 0.6) is 5.75 Å². The molecule has 0 aromatic carbocycles. The van der Waals surface area contributed by atoms with Gasteiger partial charge in [-0.3, -0.25) is 9.36 Å². The molecule has 0 bridgehead atoms. The van der Waals surface area contributed by atoms with Crippen LogP contribution in [0.3, 0.4) is 0 Å². The summed E-state index contributed by atoms with van der Waals surface area (Å²) in [6.45, 7) is 1.50. The van der Waals surface area contributed by atoms with Crippen LogP contribution in [-0.4, -0.2) is 57.3 Å². The van der Waals surface area contributed by atoms with Gasteiger partial charge in [0.05, 0.1) is 25.5 Å². The van der Waals surface area contributed by atoms with Gasteiger partial charge in [0.2, 0.25) is 0 Å². The van der Waals surface area contributed by atoms with Gasteiger partial charge in [0, 0.05) is 19.8 Å².